The van der Waals surface area contributed by atoms with Crippen molar-refractivity contribution in [3.8, 4) is 5.75 Å². The van der Waals surface area contributed by atoms with E-state index in [-0.39, 0.29) is 11.3 Å². The van der Waals surface area contributed by atoms with Gasteiger partial charge in [0, 0.05) is 15.1 Å². The number of ether oxygens (including phenoxy) is 1. The summed E-state index contributed by atoms with van der Waals surface area (Å²) in [7, 11) is 0. The highest BCUT2D eigenvalue weighted by molar-refractivity contribution is 9.10. The third-order valence-corrected chi connectivity index (χ3v) is 3.64. The molecule has 1 atom stereocenters. The molecule has 0 unspecified atom stereocenters. The van der Waals surface area contributed by atoms with E-state index in [4.69, 9.17) is 16.3 Å². The molecule has 0 bridgehead atoms. The van der Waals surface area contributed by atoms with Crippen LogP contribution in [0.25, 0.3) is 0 Å². The van der Waals surface area contributed by atoms with Gasteiger partial charge in [0.1, 0.15) is 17.4 Å². The number of carbonyl (C=O) groups excluding carboxylic acids is 1. The maximum absolute atomic E-state index is 12.1. The Labute approximate surface area is 130 Å². The third-order valence-electron chi connectivity index (χ3n) is 2.81. The second kappa shape index (κ2) is 6.29. The minimum atomic E-state index is -0.601. The first-order chi connectivity index (χ1) is 9.49. The number of phenolic OH excluding ortho intramolecular Hbond substituents is 1. The molecule has 5 heteroatoms. The minimum absolute atomic E-state index is 0.110. The van der Waals surface area contributed by atoms with Crippen LogP contribution in [0.3, 0.4) is 0 Å². The molecule has 0 aliphatic heterocycles. The van der Waals surface area contributed by atoms with Crippen molar-refractivity contribution < 1.29 is 14.6 Å². The third kappa shape index (κ3) is 3.32. The number of benzene rings is 2. The number of phenols is 1. The molecule has 0 aromatic heterocycles. The summed E-state index contributed by atoms with van der Waals surface area (Å²) in [5.41, 5.74) is 0.829. The standard InChI is InChI=1S/C15H12BrClO3/c1-9(11-4-2-3-5-13(11)17)20-15(19)12-8-10(16)6-7-14(12)18/h2-9,18H,1H3/t9-/m0/s1. The lowest BCUT2D eigenvalue weighted by Gasteiger charge is -2.15. The SMILES string of the molecule is C[C@H](OC(=O)c1cc(Br)ccc1O)c1ccccc1Cl. The number of carbonyl (C=O) groups is 1. The maximum atomic E-state index is 12.1. The van der Waals surface area contributed by atoms with E-state index in [1.807, 2.05) is 6.07 Å². The molecule has 0 aliphatic rings. The highest BCUT2D eigenvalue weighted by atomic mass is 79.9. The molecule has 1 N–H and O–H groups in total. The van der Waals surface area contributed by atoms with Gasteiger partial charge in [0.05, 0.1) is 0 Å². The largest absolute Gasteiger partial charge is 0.507 e. The highest BCUT2D eigenvalue weighted by Gasteiger charge is 2.18. The summed E-state index contributed by atoms with van der Waals surface area (Å²) in [6, 6.07) is 11.7. The molecule has 104 valence electrons. The van der Waals surface area contributed by atoms with Crippen molar-refractivity contribution in [1.82, 2.24) is 0 Å². The molecule has 0 heterocycles. The Morgan fingerprint density at radius 3 is 2.70 bits per heavy atom. The van der Waals surface area contributed by atoms with Crippen LogP contribution in [0.4, 0.5) is 0 Å². The van der Waals surface area contributed by atoms with Gasteiger partial charge in [-0.05, 0) is 31.2 Å². The zero-order valence-electron chi connectivity index (χ0n) is 10.6. The van der Waals surface area contributed by atoms with Crippen LogP contribution in [0.1, 0.15) is 28.9 Å². The molecule has 0 radical (unpaired) electrons. The molecule has 20 heavy (non-hydrogen) atoms. The zero-order chi connectivity index (χ0) is 14.7. The van der Waals surface area contributed by atoms with Gasteiger partial charge in [-0.15, -0.1) is 0 Å². The smallest absolute Gasteiger partial charge is 0.342 e. The summed E-state index contributed by atoms with van der Waals surface area (Å²) in [5, 5.41) is 10.2. The number of hydrogen-bond acceptors (Lipinski definition) is 3. The maximum Gasteiger partial charge on any atom is 0.342 e. The Bertz CT molecular complexity index is 643. The van der Waals surface area contributed by atoms with Gasteiger partial charge in [0.15, 0.2) is 0 Å². The van der Waals surface area contributed by atoms with E-state index in [1.54, 1.807) is 31.2 Å². The Kier molecular flexibility index (Phi) is 4.68. The predicted molar refractivity (Wildman–Crippen MR) is 81.1 cm³/mol. The Morgan fingerprint density at radius 1 is 1.30 bits per heavy atom. The lowest BCUT2D eigenvalue weighted by Crippen LogP contribution is -2.10. The van der Waals surface area contributed by atoms with Crippen LogP contribution in [-0.2, 0) is 4.74 Å². The summed E-state index contributed by atoms with van der Waals surface area (Å²) in [6.45, 7) is 1.73. The molecule has 0 aliphatic carbocycles. The first kappa shape index (κ1) is 14.9. The summed E-state index contributed by atoms with van der Waals surface area (Å²) >= 11 is 9.30. The fraction of sp³-hybridized carbons (Fsp3) is 0.133. The van der Waals surface area contributed by atoms with Crippen LogP contribution in [0, 0.1) is 0 Å². The Hall–Kier alpha value is -1.52. The van der Waals surface area contributed by atoms with Crippen molar-refractivity contribution in [2.24, 2.45) is 0 Å². The molecule has 0 spiro atoms. The average Bonchev–Trinajstić information content (AvgIpc) is 2.41. The average molecular weight is 356 g/mol. The molecule has 0 saturated carbocycles. The predicted octanol–water partition coefficient (Wildman–Crippen LogP) is 4.73. The molecule has 2 aromatic carbocycles. The zero-order valence-corrected chi connectivity index (χ0v) is 13.0. The molecule has 0 saturated heterocycles. The fourth-order valence-corrected chi connectivity index (χ4v) is 2.41. The fourth-order valence-electron chi connectivity index (χ4n) is 1.76. The van der Waals surface area contributed by atoms with Crippen molar-refractivity contribution in [3.63, 3.8) is 0 Å². The molecule has 2 aromatic rings. The van der Waals surface area contributed by atoms with Crippen LogP contribution in [0.15, 0.2) is 46.9 Å². The van der Waals surface area contributed by atoms with Gasteiger partial charge in [0.2, 0.25) is 0 Å². The molecule has 2 rings (SSSR count). The molecule has 3 nitrogen and oxygen atoms in total. The molecular formula is C15H12BrClO3. The van der Waals surface area contributed by atoms with Gasteiger partial charge in [-0.3, -0.25) is 0 Å². The number of esters is 1. The van der Waals surface area contributed by atoms with E-state index < -0.39 is 12.1 Å². The van der Waals surface area contributed by atoms with Crippen molar-refractivity contribution in [2.45, 2.75) is 13.0 Å². The van der Waals surface area contributed by atoms with Crippen LogP contribution in [0.2, 0.25) is 5.02 Å². The van der Waals surface area contributed by atoms with Gasteiger partial charge >= 0.3 is 5.97 Å². The Balaban J connectivity index is 2.20. The highest BCUT2D eigenvalue weighted by Crippen LogP contribution is 2.28. The molecular weight excluding hydrogens is 344 g/mol. The van der Waals surface area contributed by atoms with Gasteiger partial charge < -0.3 is 9.84 Å². The summed E-state index contributed by atoms with van der Waals surface area (Å²) in [5.74, 6) is -0.722. The summed E-state index contributed by atoms with van der Waals surface area (Å²) in [6.07, 6.45) is -0.505. The first-order valence-corrected chi connectivity index (χ1v) is 7.10. The van der Waals surface area contributed by atoms with Crippen LogP contribution < -0.4 is 0 Å². The van der Waals surface area contributed by atoms with E-state index in [9.17, 15) is 9.90 Å². The lowest BCUT2D eigenvalue weighted by atomic mass is 10.1. The number of aromatic hydroxyl groups is 1. The lowest BCUT2D eigenvalue weighted by molar-refractivity contribution is 0.0335. The van der Waals surface area contributed by atoms with Gasteiger partial charge in [0.25, 0.3) is 0 Å². The van der Waals surface area contributed by atoms with E-state index in [2.05, 4.69) is 15.9 Å². The Morgan fingerprint density at radius 2 is 2.00 bits per heavy atom. The van der Waals surface area contributed by atoms with Gasteiger partial charge in [-0.2, -0.15) is 0 Å². The van der Waals surface area contributed by atoms with Gasteiger partial charge in [-0.25, -0.2) is 4.79 Å². The topological polar surface area (TPSA) is 46.5 Å². The normalized spacial score (nSPS) is 11.9. The van der Waals surface area contributed by atoms with Crippen molar-refractivity contribution in [1.29, 1.82) is 0 Å². The van der Waals surface area contributed by atoms with Crippen LogP contribution in [0.5, 0.6) is 5.75 Å². The van der Waals surface area contributed by atoms with E-state index >= 15 is 0 Å². The van der Waals surface area contributed by atoms with E-state index in [0.717, 1.165) is 5.56 Å². The van der Waals surface area contributed by atoms with Crippen molar-refractivity contribution in [3.05, 3.63) is 63.1 Å². The quantitative estimate of drug-likeness (QED) is 0.810. The second-order valence-electron chi connectivity index (χ2n) is 4.23. The van der Waals surface area contributed by atoms with Gasteiger partial charge in [-0.1, -0.05) is 45.7 Å². The molecule has 0 fully saturated rings. The number of halogens is 2. The number of hydrogen-bond donors (Lipinski definition) is 1. The minimum Gasteiger partial charge on any atom is -0.507 e. The molecule has 0 amide bonds. The summed E-state index contributed by atoms with van der Waals surface area (Å²) < 4.78 is 6.02. The van der Waals surface area contributed by atoms with E-state index in [1.165, 1.54) is 12.1 Å². The second-order valence-corrected chi connectivity index (χ2v) is 5.55. The number of rotatable bonds is 3. The summed E-state index contributed by atoms with van der Waals surface area (Å²) in [4.78, 5) is 12.1. The first-order valence-electron chi connectivity index (χ1n) is 5.93. The van der Waals surface area contributed by atoms with Crippen LogP contribution in [-0.4, -0.2) is 11.1 Å². The van der Waals surface area contributed by atoms with Crippen molar-refractivity contribution in [2.75, 3.05) is 0 Å². The van der Waals surface area contributed by atoms with Crippen molar-refractivity contribution >= 4 is 33.5 Å². The monoisotopic (exact) mass is 354 g/mol. The van der Waals surface area contributed by atoms with Crippen LogP contribution >= 0.6 is 27.5 Å². The van der Waals surface area contributed by atoms with E-state index in [0.29, 0.717) is 9.50 Å².